The number of nitrogens with zero attached hydrogens (tertiary/aromatic N) is 2. The monoisotopic (exact) mass is 428 g/mol. The number of carbonyl (C=O) groups is 2. The highest BCUT2D eigenvalue weighted by Gasteiger charge is 2.60. The van der Waals surface area contributed by atoms with E-state index >= 15 is 0 Å². The molecule has 3 atom stereocenters. The first-order valence-corrected chi connectivity index (χ1v) is 10.6. The Hall–Kier alpha value is -3.64. The molecular weight excluding hydrogens is 404 g/mol. The number of imide groups is 1. The summed E-state index contributed by atoms with van der Waals surface area (Å²) in [6.07, 6.45) is -0.889. The highest BCUT2D eigenvalue weighted by Crippen LogP contribution is 2.48. The van der Waals surface area contributed by atoms with Crippen LogP contribution in [0.15, 0.2) is 72.8 Å². The zero-order chi connectivity index (χ0) is 22.4. The number of hydrogen-bond acceptors (Lipinski definition) is 5. The lowest BCUT2D eigenvalue weighted by Gasteiger charge is -2.29. The summed E-state index contributed by atoms with van der Waals surface area (Å²) in [4.78, 5) is 34.6. The van der Waals surface area contributed by atoms with Gasteiger partial charge in [0.05, 0.1) is 24.5 Å². The van der Waals surface area contributed by atoms with E-state index in [2.05, 4.69) is 0 Å². The molecule has 2 aliphatic heterocycles. The van der Waals surface area contributed by atoms with Crippen LogP contribution >= 0.6 is 0 Å². The maximum Gasteiger partial charge on any atom is 0.266 e. The van der Waals surface area contributed by atoms with Crippen LogP contribution in [0.5, 0.6) is 5.75 Å². The standard InChI is InChI=1S/C26H24N2O4/c1-16-12-13-21(17(2)14-16)27-25(29)22-23(18-8-7-11-20(15-18)31-3)28(32-24(22)26(27)30)19-9-5-4-6-10-19/h4-15,22-24H,1-3H3/t22-,23+,24-/m0/s1. The fraction of sp³-hybridized carbons (Fsp3) is 0.231. The predicted molar refractivity (Wildman–Crippen MR) is 121 cm³/mol. The van der Waals surface area contributed by atoms with Gasteiger partial charge in [0, 0.05) is 0 Å². The fourth-order valence-electron chi connectivity index (χ4n) is 4.67. The number of amides is 2. The van der Waals surface area contributed by atoms with Crippen molar-refractivity contribution in [2.24, 2.45) is 5.92 Å². The number of ether oxygens (including phenoxy) is 1. The van der Waals surface area contributed by atoms with Gasteiger partial charge >= 0.3 is 0 Å². The Labute approximate surface area is 186 Å². The zero-order valence-corrected chi connectivity index (χ0v) is 18.2. The fourth-order valence-corrected chi connectivity index (χ4v) is 4.67. The third-order valence-electron chi connectivity index (χ3n) is 6.15. The van der Waals surface area contributed by atoms with Gasteiger partial charge in [-0.2, -0.15) is 0 Å². The Balaban J connectivity index is 1.60. The molecule has 5 rings (SSSR count). The molecule has 162 valence electrons. The number of carbonyl (C=O) groups excluding carboxylic acids is 2. The molecule has 2 heterocycles. The maximum atomic E-state index is 13.7. The Kier molecular flexibility index (Phi) is 4.94. The number of para-hydroxylation sites is 1. The van der Waals surface area contributed by atoms with Gasteiger partial charge in [-0.15, -0.1) is 0 Å². The molecule has 0 saturated carbocycles. The van der Waals surface area contributed by atoms with Gasteiger partial charge < -0.3 is 4.74 Å². The Morgan fingerprint density at radius 2 is 1.66 bits per heavy atom. The minimum Gasteiger partial charge on any atom is -0.497 e. The van der Waals surface area contributed by atoms with Crippen molar-refractivity contribution in [3.05, 3.63) is 89.5 Å². The van der Waals surface area contributed by atoms with Gasteiger partial charge in [-0.05, 0) is 55.3 Å². The number of aryl methyl sites for hydroxylation is 2. The van der Waals surface area contributed by atoms with E-state index in [9.17, 15) is 9.59 Å². The van der Waals surface area contributed by atoms with E-state index in [1.165, 1.54) is 4.90 Å². The van der Waals surface area contributed by atoms with Crippen LogP contribution in [0.2, 0.25) is 0 Å². The number of fused-ring (bicyclic) bond motifs is 1. The van der Waals surface area contributed by atoms with Gasteiger partial charge in [0.1, 0.15) is 11.7 Å². The molecule has 0 N–H and O–H groups in total. The van der Waals surface area contributed by atoms with Crippen molar-refractivity contribution >= 4 is 23.2 Å². The minimum atomic E-state index is -0.889. The molecular formula is C26H24N2O4. The summed E-state index contributed by atoms with van der Waals surface area (Å²) < 4.78 is 5.41. The molecule has 0 aliphatic carbocycles. The van der Waals surface area contributed by atoms with Crippen molar-refractivity contribution in [3.8, 4) is 5.75 Å². The zero-order valence-electron chi connectivity index (χ0n) is 18.2. The average molecular weight is 428 g/mol. The molecule has 0 radical (unpaired) electrons. The van der Waals surface area contributed by atoms with Gasteiger partial charge in [0.15, 0.2) is 6.10 Å². The minimum absolute atomic E-state index is 0.252. The van der Waals surface area contributed by atoms with Crippen LogP contribution in [0, 0.1) is 19.8 Å². The highest BCUT2D eigenvalue weighted by molar-refractivity contribution is 6.24. The summed E-state index contributed by atoms with van der Waals surface area (Å²) in [7, 11) is 1.61. The lowest BCUT2D eigenvalue weighted by atomic mass is 9.90. The number of benzene rings is 3. The molecule has 2 aliphatic rings. The molecule has 2 amide bonds. The summed E-state index contributed by atoms with van der Waals surface area (Å²) in [6.45, 7) is 3.90. The van der Waals surface area contributed by atoms with Crippen LogP contribution in [-0.4, -0.2) is 25.0 Å². The van der Waals surface area contributed by atoms with Gasteiger partial charge in [-0.25, -0.2) is 9.96 Å². The predicted octanol–water partition coefficient (Wildman–Crippen LogP) is 4.36. The lowest BCUT2D eigenvalue weighted by Crippen LogP contribution is -2.37. The van der Waals surface area contributed by atoms with E-state index in [0.29, 0.717) is 11.4 Å². The number of hydrogen-bond donors (Lipinski definition) is 0. The molecule has 6 heteroatoms. The molecule has 2 fully saturated rings. The van der Waals surface area contributed by atoms with Crippen molar-refractivity contribution in [1.29, 1.82) is 0 Å². The molecule has 0 aromatic heterocycles. The summed E-state index contributed by atoms with van der Waals surface area (Å²) >= 11 is 0. The normalized spacial score (nSPS) is 22.4. The van der Waals surface area contributed by atoms with Crippen molar-refractivity contribution in [2.75, 3.05) is 17.1 Å². The second-order valence-corrected chi connectivity index (χ2v) is 8.24. The van der Waals surface area contributed by atoms with Gasteiger partial charge in [-0.3, -0.25) is 14.4 Å². The van der Waals surface area contributed by atoms with Crippen LogP contribution in [0.4, 0.5) is 11.4 Å². The van der Waals surface area contributed by atoms with Gasteiger partial charge in [0.2, 0.25) is 5.91 Å². The molecule has 0 unspecified atom stereocenters. The number of anilines is 2. The quantitative estimate of drug-likeness (QED) is 0.578. The molecule has 0 spiro atoms. The number of hydroxylamine groups is 1. The van der Waals surface area contributed by atoms with Crippen LogP contribution in [0.25, 0.3) is 0 Å². The van der Waals surface area contributed by atoms with Gasteiger partial charge in [-0.1, -0.05) is 48.0 Å². The smallest absolute Gasteiger partial charge is 0.266 e. The first-order valence-electron chi connectivity index (χ1n) is 10.6. The molecule has 3 aromatic rings. The van der Waals surface area contributed by atoms with Crippen LogP contribution < -0.4 is 14.7 Å². The summed E-state index contributed by atoms with van der Waals surface area (Å²) in [5.41, 5.74) is 4.20. The van der Waals surface area contributed by atoms with Gasteiger partial charge in [0.25, 0.3) is 5.91 Å². The third-order valence-corrected chi connectivity index (χ3v) is 6.15. The van der Waals surface area contributed by atoms with Crippen molar-refractivity contribution in [2.45, 2.75) is 26.0 Å². The highest BCUT2D eigenvalue weighted by atomic mass is 16.7. The molecule has 3 aromatic carbocycles. The second-order valence-electron chi connectivity index (χ2n) is 8.24. The van der Waals surface area contributed by atoms with Crippen molar-refractivity contribution in [3.63, 3.8) is 0 Å². The van der Waals surface area contributed by atoms with E-state index in [-0.39, 0.29) is 11.8 Å². The number of methoxy groups -OCH3 is 1. The van der Waals surface area contributed by atoms with Crippen molar-refractivity contribution < 1.29 is 19.2 Å². The molecule has 32 heavy (non-hydrogen) atoms. The first-order chi connectivity index (χ1) is 15.5. The number of rotatable bonds is 4. The van der Waals surface area contributed by atoms with Crippen LogP contribution in [-0.2, 0) is 14.4 Å². The maximum absolute atomic E-state index is 13.7. The van der Waals surface area contributed by atoms with E-state index in [4.69, 9.17) is 9.57 Å². The Bertz CT molecular complexity index is 1190. The molecule has 0 bridgehead atoms. The van der Waals surface area contributed by atoms with E-state index in [0.717, 1.165) is 22.4 Å². The van der Waals surface area contributed by atoms with Crippen molar-refractivity contribution in [1.82, 2.24) is 0 Å². The second kappa shape index (κ2) is 7.80. The SMILES string of the molecule is COc1cccc([C@@H]2[C@@H]3C(=O)N(c4ccc(C)cc4C)C(=O)[C@H]3ON2c2ccccc2)c1. The third kappa shape index (κ3) is 3.15. The summed E-state index contributed by atoms with van der Waals surface area (Å²) in [5.74, 6) is -0.575. The van der Waals surface area contributed by atoms with E-state index in [1.807, 2.05) is 86.6 Å². The summed E-state index contributed by atoms with van der Waals surface area (Å²) in [5, 5.41) is 1.69. The Morgan fingerprint density at radius 3 is 2.38 bits per heavy atom. The lowest BCUT2D eigenvalue weighted by molar-refractivity contribution is -0.126. The largest absolute Gasteiger partial charge is 0.497 e. The molecule has 6 nitrogen and oxygen atoms in total. The molecule has 2 saturated heterocycles. The van der Waals surface area contributed by atoms with E-state index in [1.54, 1.807) is 12.2 Å². The first kappa shape index (κ1) is 20.3. The van der Waals surface area contributed by atoms with Crippen LogP contribution in [0.1, 0.15) is 22.7 Å². The Morgan fingerprint density at radius 1 is 0.875 bits per heavy atom. The van der Waals surface area contributed by atoms with Crippen LogP contribution in [0.3, 0.4) is 0 Å². The average Bonchev–Trinajstić information content (AvgIpc) is 3.31. The topological polar surface area (TPSA) is 59.1 Å². The summed E-state index contributed by atoms with van der Waals surface area (Å²) in [6, 6.07) is 22.4. The van der Waals surface area contributed by atoms with E-state index < -0.39 is 18.1 Å².